The number of aryl methyl sites for hydroxylation is 1. The van der Waals surface area contributed by atoms with Gasteiger partial charge in [0.1, 0.15) is 0 Å². The van der Waals surface area contributed by atoms with E-state index in [1.165, 1.54) is 13.0 Å². The lowest BCUT2D eigenvalue weighted by molar-refractivity contribution is -0.114. The summed E-state index contributed by atoms with van der Waals surface area (Å²) in [5, 5.41) is 5.82. The Morgan fingerprint density at radius 2 is 2.09 bits per heavy atom. The minimum atomic E-state index is -3.60. The zero-order valence-corrected chi connectivity index (χ0v) is 14.8. The predicted octanol–water partition coefficient (Wildman–Crippen LogP) is 1.57. The summed E-state index contributed by atoms with van der Waals surface area (Å²) in [6.07, 6.45) is 2.84. The molecule has 0 radical (unpaired) electrons. The third-order valence-corrected chi connectivity index (χ3v) is 4.88. The molecule has 1 amide bonds. The first kappa shape index (κ1) is 19.6. The quantitative estimate of drug-likeness (QED) is 0.696. The van der Waals surface area contributed by atoms with Gasteiger partial charge in [0.25, 0.3) is 0 Å². The smallest absolute Gasteiger partial charge is 0.240 e. The standard InChI is InChI=1S/C15H21N3O3S.ClH/c1-11-3-4-14(9-15(11)18-12(2)19)22(20,21)17-10-13-5-7-16-8-6-13;/h3-5,9,16-17H,6-8,10H2,1-2H3,(H,18,19);1H. The maximum Gasteiger partial charge on any atom is 0.240 e. The van der Waals surface area contributed by atoms with E-state index < -0.39 is 10.0 Å². The largest absolute Gasteiger partial charge is 0.326 e. The minimum Gasteiger partial charge on any atom is -0.326 e. The number of sulfonamides is 1. The van der Waals surface area contributed by atoms with Crippen molar-refractivity contribution in [2.75, 3.05) is 25.0 Å². The second-order valence-electron chi connectivity index (χ2n) is 5.30. The van der Waals surface area contributed by atoms with Crippen molar-refractivity contribution in [2.45, 2.75) is 25.2 Å². The molecular weight excluding hydrogens is 338 g/mol. The van der Waals surface area contributed by atoms with Crippen LogP contribution in [0.2, 0.25) is 0 Å². The zero-order chi connectivity index (χ0) is 16.2. The first-order valence-corrected chi connectivity index (χ1v) is 8.63. The lowest BCUT2D eigenvalue weighted by atomic mass is 10.1. The average molecular weight is 360 g/mol. The first-order chi connectivity index (χ1) is 10.4. The number of nitrogens with one attached hydrogen (secondary N) is 3. The summed E-state index contributed by atoms with van der Waals surface area (Å²) in [6, 6.07) is 4.71. The van der Waals surface area contributed by atoms with Crippen LogP contribution >= 0.6 is 12.4 Å². The highest BCUT2D eigenvalue weighted by atomic mass is 35.5. The van der Waals surface area contributed by atoms with Gasteiger partial charge in [0.05, 0.1) is 4.90 Å². The molecule has 0 unspecified atom stereocenters. The second-order valence-corrected chi connectivity index (χ2v) is 7.07. The van der Waals surface area contributed by atoms with Crippen molar-refractivity contribution in [3.63, 3.8) is 0 Å². The Hall–Kier alpha value is -1.41. The van der Waals surface area contributed by atoms with Crippen LogP contribution in [0.15, 0.2) is 34.7 Å². The summed E-state index contributed by atoms with van der Waals surface area (Å²) in [4.78, 5) is 11.3. The average Bonchev–Trinajstić information content (AvgIpc) is 2.48. The number of amides is 1. The van der Waals surface area contributed by atoms with E-state index >= 15 is 0 Å². The van der Waals surface area contributed by atoms with Gasteiger partial charge in [0, 0.05) is 25.7 Å². The highest BCUT2D eigenvalue weighted by molar-refractivity contribution is 7.89. The number of hydrogen-bond donors (Lipinski definition) is 3. The SMILES string of the molecule is CC(=O)Nc1cc(S(=O)(=O)NCC2=CCNCC2)ccc1C.Cl. The van der Waals surface area contributed by atoms with E-state index in [2.05, 4.69) is 15.4 Å². The van der Waals surface area contributed by atoms with E-state index in [-0.39, 0.29) is 23.2 Å². The molecule has 0 aliphatic carbocycles. The van der Waals surface area contributed by atoms with Gasteiger partial charge in [-0.3, -0.25) is 4.79 Å². The molecule has 0 bridgehead atoms. The molecule has 128 valence electrons. The van der Waals surface area contributed by atoms with Gasteiger partial charge in [0.15, 0.2) is 0 Å². The monoisotopic (exact) mass is 359 g/mol. The fraction of sp³-hybridized carbons (Fsp3) is 0.400. The lowest BCUT2D eigenvalue weighted by Gasteiger charge is -2.15. The summed E-state index contributed by atoms with van der Waals surface area (Å²) in [5.74, 6) is -0.231. The molecule has 1 aliphatic rings. The number of anilines is 1. The van der Waals surface area contributed by atoms with Crippen molar-refractivity contribution in [3.8, 4) is 0 Å². The van der Waals surface area contributed by atoms with Crippen LogP contribution in [0, 0.1) is 6.92 Å². The Kier molecular flexibility index (Phi) is 7.21. The van der Waals surface area contributed by atoms with E-state index in [1.807, 2.05) is 13.0 Å². The molecule has 1 aromatic rings. The highest BCUT2D eigenvalue weighted by Crippen LogP contribution is 2.20. The number of halogens is 1. The van der Waals surface area contributed by atoms with Crippen LogP contribution in [0.5, 0.6) is 0 Å². The van der Waals surface area contributed by atoms with Crippen LogP contribution < -0.4 is 15.4 Å². The Bertz CT molecular complexity index is 702. The lowest BCUT2D eigenvalue weighted by Crippen LogP contribution is -2.29. The number of benzene rings is 1. The van der Waals surface area contributed by atoms with Gasteiger partial charge in [-0.05, 0) is 37.6 Å². The molecule has 1 aromatic carbocycles. The number of carbonyl (C=O) groups is 1. The summed E-state index contributed by atoms with van der Waals surface area (Å²) in [7, 11) is -3.60. The van der Waals surface area contributed by atoms with E-state index in [9.17, 15) is 13.2 Å². The summed E-state index contributed by atoms with van der Waals surface area (Å²) < 4.78 is 27.3. The van der Waals surface area contributed by atoms with Crippen LogP contribution in [0.1, 0.15) is 18.9 Å². The van der Waals surface area contributed by atoms with E-state index in [1.54, 1.807) is 12.1 Å². The van der Waals surface area contributed by atoms with Gasteiger partial charge >= 0.3 is 0 Å². The number of rotatable bonds is 5. The van der Waals surface area contributed by atoms with Crippen molar-refractivity contribution in [3.05, 3.63) is 35.4 Å². The molecule has 1 heterocycles. The molecule has 6 nitrogen and oxygen atoms in total. The molecule has 3 N–H and O–H groups in total. The molecule has 8 heteroatoms. The molecule has 0 saturated carbocycles. The van der Waals surface area contributed by atoms with E-state index in [0.29, 0.717) is 12.2 Å². The molecule has 1 aliphatic heterocycles. The fourth-order valence-corrected chi connectivity index (χ4v) is 3.26. The Labute approximate surface area is 143 Å². The molecule has 0 atom stereocenters. The maximum absolute atomic E-state index is 12.4. The van der Waals surface area contributed by atoms with Crippen LogP contribution in [-0.4, -0.2) is 34.0 Å². The molecule has 23 heavy (non-hydrogen) atoms. The molecule has 2 rings (SSSR count). The zero-order valence-electron chi connectivity index (χ0n) is 13.2. The van der Waals surface area contributed by atoms with Crippen LogP contribution in [0.3, 0.4) is 0 Å². The fourth-order valence-electron chi connectivity index (χ4n) is 2.19. The van der Waals surface area contributed by atoms with Gasteiger partial charge in [-0.2, -0.15) is 0 Å². The Balaban J connectivity index is 0.00000264. The normalized spacial score (nSPS) is 14.6. The second kappa shape index (κ2) is 8.44. The predicted molar refractivity (Wildman–Crippen MR) is 93.5 cm³/mol. The molecule has 0 spiro atoms. The van der Waals surface area contributed by atoms with Gasteiger partial charge in [0.2, 0.25) is 15.9 Å². The Morgan fingerprint density at radius 3 is 2.70 bits per heavy atom. The van der Waals surface area contributed by atoms with E-state index in [0.717, 1.165) is 30.6 Å². The maximum atomic E-state index is 12.4. The van der Waals surface area contributed by atoms with Crippen molar-refractivity contribution >= 4 is 34.0 Å². The third kappa shape index (κ3) is 5.62. The minimum absolute atomic E-state index is 0. The van der Waals surface area contributed by atoms with Crippen molar-refractivity contribution in [1.29, 1.82) is 0 Å². The molecule has 0 saturated heterocycles. The van der Waals surface area contributed by atoms with Gasteiger partial charge < -0.3 is 10.6 Å². The topological polar surface area (TPSA) is 87.3 Å². The number of carbonyl (C=O) groups excluding carboxylic acids is 1. The van der Waals surface area contributed by atoms with Crippen molar-refractivity contribution in [2.24, 2.45) is 0 Å². The molecule has 0 aromatic heterocycles. The summed E-state index contributed by atoms with van der Waals surface area (Å²) in [5.41, 5.74) is 2.41. The van der Waals surface area contributed by atoms with Crippen molar-refractivity contribution in [1.82, 2.24) is 10.0 Å². The van der Waals surface area contributed by atoms with Crippen LogP contribution in [0.25, 0.3) is 0 Å². The van der Waals surface area contributed by atoms with Crippen molar-refractivity contribution < 1.29 is 13.2 Å². The van der Waals surface area contributed by atoms with Gasteiger partial charge in [-0.25, -0.2) is 13.1 Å². The highest BCUT2D eigenvalue weighted by Gasteiger charge is 2.16. The Morgan fingerprint density at radius 1 is 1.35 bits per heavy atom. The van der Waals surface area contributed by atoms with Crippen LogP contribution in [0.4, 0.5) is 5.69 Å². The third-order valence-electron chi connectivity index (χ3n) is 3.48. The first-order valence-electron chi connectivity index (χ1n) is 7.15. The molecular formula is C15H22ClN3O3S. The van der Waals surface area contributed by atoms with Gasteiger partial charge in [-0.15, -0.1) is 12.4 Å². The summed E-state index contributed by atoms with van der Waals surface area (Å²) in [6.45, 7) is 5.16. The van der Waals surface area contributed by atoms with Gasteiger partial charge in [-0.1, -0.05) is 17.7 Å². The van der Waals surface area contributed by atoms with E-state index in [4.69, 9.17) is 0 Å². The molecule has 0 fully saturated rings. The summed E-state index contributed by atoms with van der Waals surface area (Å²) >= 11 is 0. The number of hydrogen-bond acceptors (Lipinski definition) is 4. The van der Waals surface area contributed by atoms with Crippen LogP contribution in [-0.2, 0) is 14.8 Å².